The number of halogens is 2. The third-order valence-electron chi connectivity index (χ3n) is 3.79. The van der Waals surface area contributed by atoms with E-state index in [4.69, 9.17) is 0 Å². The number of nitrogens with zero attached hydrogens (tertiary/aromatic N) is 2. The van der Waals surface area contributed by atoms with Gasteiger partial charge in [-0.2, -0.15) is 0 Å². The van der Waals surface area contributed by atoms with E-state index in [1.165, 1.54) is 25.0 Å². The molecule has 2 rings (SSSR count). The second kappa shape index (κ2) is 7.38. The van der Waals surface area contributed by atoms with E-state index in [0.29, 0.717) is 24.4 Å². The maximum Gasteiger partial charge on any atom is 0.193 e. The fourth-order valence-corrected chi connectivity index (χ4v) is 2.79. The van der Waals surface area contributed by atoms with Crippen molar-refractivity contribution in [3.05, 3.63) is 35.4 Å². The highest BCUT2D eigenvalue weighted by molar-refractivity contribution is 5.79. The van der Waals surface area contributed by atoms with E-state index in [9.17, 15) is 8.78 Å². The topological polar surface area (TPSA) is 27.6 Å². The molecule has 1 heterocycles. The molecule has 5 heteroatoms. The van der Waals surface area contributed by atoms with E-state index in [1.54, 1.807) is 7.05 Å². The van der Waals surface area contributed by atoms with Gasteiger partial charge >= 0.3 is 0 Å². The van der Waals surface area contributed by atoms with Gasteiger partial charge in [0.2, 0.25) is 0 Å². The standard InChI is InChI=1S/C16H23F2N3/c1-12-4-3-7-21(11-12)16(19-2)20-6-5-13-8-14(17)10-15(18)9-13/h8-10,12H,3-7,11H2,1-2H3,(H,19,20). The van der Waals surface area contributed by atoms with Crippen LogP contribution in [0.3, 0.4) is 0 Å². The molecule has 1 saturated heterocycles. The zero-order valence-electron chi connectivity index (χ0n) is 12.7. The molecule has 3 nitrogen and oxygen atoms in total. The molecule has 1 atom stereocenters. The van der Waals surface area contributed by atoms with Crippen molar-refractivity contribution < 1.29 is 8.78 Å². The molecule has 1 aliphatic heterocycles. The van der Waals surface area contributed by atoms with Gasteiger partial charge in [0.25, 0.3) is 0 Å². The first-order chi connectivity index (χ1) is 10.1. The minimum atomic E-state index is -0.528. The average Bonchev–Trinajstić information content (AvgIpc) is 2.42. The number of likely N-dealkylation sites (tertiary alicyclic amines) is 1. The third kappa shape index (κ3) is 4.69. The smallest absolute Gasteiger partial charge is 0.193 e. The van der Waals surface area contributed by atoms with Crippen LogP contribution in [0.5, 0.6) is 0 Å². The SMILES string of the molecule is CN=C(NCCc1cc(F)cc(F)c1)N1CCCC(C)C1. The number of guanidine groups is 1. The van der Waals surface area contributed by atoms with E-state index < -0.39 is 11.6 Å². The predicted molar refractivity (Wildman–Crippen MR) is 81.4 cm³/mol. The number of rotatable bonds is 3. The highest BCUT2D eigenvalue weighted by Crippen LogP contribution is 2.15. The van der Waals surface area contributed by atoms with Crippen LogP contribution in [0.15, 0.2) is 23.2 Å². The molecule has 1 aromatic carbocycles. The Morgan fingerprint density at radius 3 is 2.67 bits per heavy atom. The first-order valence-electron chi connectivity index (χ1n) is 7.49. The molecular weight excluding hydrogens is 272 g/mol. The molecule has 1 fully saturated rings. The van der Waals surface area contributed by atoms with Gasteiger partial charge in [-0.05, 0) is 42.9 Å². The Balaban J connectivity index is 1.86. The highest BCUT2D eigenvalue weighted by atomic mass is 19.1. The lowest BCUT2D eigenvalue weighted by atomic mass is 10.0. The molecule has 1 unspecified atom stereocenters. The summed E-state index contributed by atoms with van der Waals surface area (Å²) in [5.41, 5.74) is 0.655. The molecule has 116 valence electrons. The van der Waals surface area contributed by atoms with Gasteiger partial charge in [0.05, 0.1) is 0 Å². The Morgan fingerprint density at radius 2 is 2.05 bits per heavy atom. The number of hydrogen-bond acceptors (Lipinski definition) is 1. The first kappa shape index (κ1) is 15.7. The monoisotopic (exact) mass is 295 g/mol. The van der Waals surface area contributed by atoms with E-state index in [1.807, 2.05) is 0 Å². The number of benzene rings is 1. The van der Waals surface area contributed by atoms with Crippen LogP contribution >= 0.6 is 0 Å². The molecule has 0 aromatic heterocycles. The van der Waals surface area contributed by atoms with Gasteiger partial charge in [0, 0.05) is 32.7 Å². The van der Waals surface area contributed by atoms with Gasteiger partial charge < -0.3 is 10.2 Å². The maximum absolute atomic E-state index is 13.1. The summed E-state index contributed by atoms with van der Waals surface area (Å²) in [7, 11) is 1.77. The second-order valence-electron chi connectivity index (χ2n) is 5.70. The summed E-state index contributed by atoms with van der Waals surface area (Å²) in [6.07, 6.45) is 3.00. The van der Waals surface area contributed by atoms with Gasteiger partial charge in [-0.3, -0.25) is 4.99 Å². The van der Waals surface area contributed by atoms with Crippen LogP contribution in [-0.2, 0) is 6.42 Å². The van der Waals surface area contributed by atoms with Crippen molar-refractivity contribution in [3.8, 4) is 0 Å². The van der Waals surface area contributed by atoms with Crippen LogP contribution in [0, 0.1) is 17.6 Å². The average molecular weight is 295 g/mol. The number of hydrogen-bond donors (Lipinski definition) is 1. The Labute approximate surface area is 125 Å². The molecule has 0 radical (unpaired) electrons. The normalized spacial score (nSPS) is 19.7. The Morgan fingerprint density at radius 1 is 1.33 bits per heavy atom. The Bertz CT molecular complexity index is 482. The number of piperidine rings is 1. The minimum absolute atomic E-state index is 0.528. The van der Waals surface area contributed by atoms with Crippen molar-refractivity contribution >= 4 is 5.96 Å². The summed E-state index contributed by atoms with van der Waals surface area (Å²) in [5, 5.41) is 3.28. The molecule has 1 N–H and O–H groups in total. The van der Waals surface area contributed by atoms with Crippen molar-refractivity contribution in [3.63, 3.8) is 0 Å². The van der Waals surface area contributed by atoms with Gasteiger partial charge in [-0.15, -0.1) is 0 Å². The molecular formula is C16H23F2N3. The van der Waals surface area contributed by atoms with E-state index >= 15 is 0 Å². The van der Waals surface area contributed by atoms with Crippen molar-refractivity contribution in [2.45, 2.75) is 26.2 Å². The second-order valence-corrected chi connectivity index (χ2v) is 5.70. The molecule has 21 heavy (non-hydrogen) atoms. The highest BCUT2D eigenvalue weighted by Gasteiger charge is 2.18. The summed E-state index contributed by atoms with van der Waals surface area (Å²) < 4.78 is 26.2. The van der Waals surface area contributed by atoms with Crippen LogP contribution < -0.4 is 5.32 Å². The van der Waals surface area contributed by atoms with Crippen molar-refractivity contribution in [1.82, 2.24) is 10.2 Å². The molecule has 0 saturated carbocycles. The predicted octanol–water partition coefficient (Wildman–Crippen LogP) is 2.81. The zero-order chi connectivity index (χ0) is 15.2. The molecule has 0 bridgehead atoms. The summed E-state index contributed by atoms with van der Waals surface area (Å²) >= 11 is 0. The van der Waals surface area contributed by atoms with Crippen LogP contribution in [0.1, 0.15) is 25.3 Å². The van der Waals surface area contributed by atoms with Crippen LogP contribution in [0.4, 0.5) is 8.78 Å². The largest absolute Gasteiger partial charge is 0.356 e. The molecule has 0 amide bonds. The minimum Gasteiger partial charge on any atom is -0.356 e. The van der Waals surface area contributed by atoms with Gasteiger partial charge in [-0.25, -0.2) is 8.78 Å². The van der Waals surface area contributed by atoms with E-state index in [-0.39, 0.29) is 0 Å². The summed E-state index contributed by atoms with van der Waals surface area (Å²) in [6.45, 7) is 4.88. The summed E-state index contributed by atoms with van der Waals surface area (Å²) in [6, 6.07) is 3.64. The van der Waals surface area contributed by atoms with E-state index in [0.717, 1.165) is 25.1 Å². The molecule has 0 spiro atoms. The third-order valence-corrected chi connectivity index (χ3v) is 3.79. The summed E-state index contributed by atoms with van der Waals surface area (Å²) in [4.78, 5) is 6.55. The maximum atomic E-state index is 13.1. The van der Waals surface area contributed by atoms with Crippen molar-refractivity contribution in [1.29, 1.82) is 0 Å². The van der Waals surface area contributed by atoms with Crippen molar-refractivity contribution in [2.75, 3.05) is 26.7 Å². The fraction of sp³-hybridized carbons (Fsp3) is 0.562. The lowest BCUT2D eigenvalue weighted by Crippen LogP contribution is -2.46. The van der Waals surface area contributed by atoms with Gasteiger partial charge in [-0.1, -0.05) is 6.92 Å². The lowest BCUT2D eigenvalue weighted by molar-refractivity contribution is 0.266. The number of nitrogens with one attached hydrogen (secondary N) is 1. The first-order valence-corrected chi connectivity index (χ1v) is 7.49. The quantitative estimate of drug-likeness (QED) is 0.686. The van der Waals surface area contributed by atoms with Crippen LogP contribution in [0.2, 0.25) is 0 Å². The summed E-state index contributed by atoms with van der Waals surface area (Å²) in [5.74, 6) is 0.492. The van der Waals surface area contributed by atoms with Gasteiger partial charge in [0.1, 0.15) is 11.6 Å². The van der Waals surface area contributed by atoms with E-state index in [2.05, 4.69) is 22.1 Å². The molecule has 1 aromatic rings. The Kier molecular flexibility index (Phi) is 5.53. The lowest BCUT2D eigenvalue weighted by Gasteiger charge is -2.33. The van der Waals surface area contributed by atoms with Crippen LogP contribution in [0.25, 0.3) is 0 Å². The van der Waals surface area contributed by atoms with Crippen LogP contribution in [-0.4, -0.2) is 37.5 Å². The number of aliphatic imine (C=N–C) groups is 1. The van der Waals surface area contributed by atoms with Crippen molar-refractivity contribution in [2.24, 2.45) is 10.9 Å². The molecule has 1 aliphatic rings. The molecule has 0 aliphatic carbocycles. The Hall–Kier alpha value is -1.65. The van der Waals surface area contributed by atoms with Gasteiger partial charge in [0.15, 0.2) is 5.96 Å². The fourth-order valence-electron chi connectivity index (χ4n) is 2.79. The zero-order valence-corrected chi connectivity index (χ0v) is 12.7.